The van der Waals surface area contributed by atoms with Crippen molar-refractivity contribution in [2.24, 2.45) is 0 Å². The van der Waals surface area contributed by atoms with Crippen LogP contribution in [0.15, 0.2) is 193 Å². The molecule has 1 unspecified atom stereocenters. The fraction of sp³-hybridized carbons (Fsp3) is 0.0800. The van der Waals surface area contributed by atoms with Crippen molar-refractivity contribution >= 4 is 22.5 Å². The van der Waals surface area contributed by atoms with E-state index in [1.807, 2.05) is 48.7 Å². The predicted octanol–water partition coefficient (Wildman–Crippen LogP) is 12.0. The van der Waals surface area contributed by atoms with Crippen molar-refractivity contribution in [2.75, 3.05) is 4.90 Å². The summed E-state index contributed by atoms with van der Waals surface area (Å²) < 4.78 is 0. The molecule has 55 heavy (non-hydrogen) atoms. The van der Waals surface area contributed by atoms with Crippen LogP contribution in [0.5, 0.6) is 0 Å². The van der Waals surface area contributed by atoms with Crippen molar-refractivity contribution in [3.63, 3.8) is 0 Å². The lowest BCUT2D eigenvalue weighted by Crippen LogP contribution is -2.28. The highest BCUT2D eigenvalue weighted by Crippen LogP contribution is 2.49. The number of aromatic nitrogens is 4. The maximum absolute atomic E-state index is 5.02. The lowest BCUT2D eigenvalue weighted by Gasteiger charge is -2.31. The summed E-state index contributed by atoms with van der Waals surface area (Å²) in [5.41, 5.74) is 15.7. The Morgan fingerprint density at radius 3 is 1.80 bits per heavy atom. The number of benzene rings is 5. The molecule has 0 N–H and O–H groups in total. The molecule has 1 atom stereocenters. The second kappa shape index (κ2) is 14.1. The maximum Gasteiger partial charge on any atom is 0.164 e. The van der Waals surface area contributed by atoms with Gasteiger partial charge in [-0.3, -0.25) is 4.98 Å². The van der Waals surface area contributed by atoms with Crippen molar-refractivity contribution in [3.8, 4) is 45.3 Å². The Balaban J connectivity index is 0.928. The zero-order valence-electron chi connectivity index (χ0n) is 30.3. The summed E-state index contributed by atoms with van der Waals surface area (Å²) in [5.74, 6) is 1.94. The summed E-state index contributed by atoms with van der Waals surface area (Å²) in [6, 6.07) is 51.1. The molecule has 10 rings (SSSR count). The predicted molar refractivity (Wildman–Crippen MR) is 224 cm³/mol. The van der Waals surface area contributed by atoms with E-state index in [0.29, 0.717) is 23.5 Å². The van der Waals surface area contributed by atoms with Crippen molar-refractivity contribution in [3.05, 3.63) is 205 Å². The molecule has 1 aliphatic heterocycles. The molecule has 0 bridgehead atoms. The number of nitrogens with zero attached hydrogens (tertiary/aromatic N) is 5. The summed E-state index contributed by atoms with van der Waals surface area (Å²) in [4.78, 5) is 21.8. The van der Waals surface area contributed by atoms with Gasteiger partial charge < -0.3 is 4.90 Å². The van der Waals surface area contributed by atoms with E-state index < -0.39 is 0 Å². The van der Waals surface area contributed by atoms with Crippen LogP contribution in [0, 0.1) is 0 Å². The van der Waals surface area contributed by atoms with E-state index in [0.717, 1.165) is 47.1 Å². The number of hydrogen-bond donors (Lipinski definition) is 0. The van der Waals surface area contributed by atoms with E-state index in [-0.39, 0.29) is 0 Å². The molecule has 5 aromatic carbocycles. The lowest BCUT2D eigenvalue weighted by atomic mass is 9.83. The van der Waals surface area contributed by atoms with Crippen LogP contribution in [0.1, 0.15) is 30.4 Å². The zero-order valence-corrected chi connectivity index (χ0v) is 30.3. The second-order valence-corrected chi connectivity index (χ2v) is 14.2. The first-order chi connectivity index (χ1) is 27.2. The van der Waals surface area contributed by atoms with Crippen LogP contribution in [0.2, 0.25) is 0 Å². The molecule has 3 aliphatic rings. The van der Waals surface area contributed by atoms with Crippen molar-refractivity contribution < 1.29 is 0 Å². The third-order valence-electron chi connectivity index (χ3n) is 10.9. The lowest BCUT2D eigenvalue weighted by molar-refractivity contribution is 0.789. The topological polar surface area (TPSA) is 54.8 Å². The molecule has 2 aliphatic carbocycles. The number of pyridine rings is 1. The van der Waals surface area contributed by atoms with Gasteiger partial charge in [-0.2, -0.15) is 0 Å². The third-order valence-corrected chi connectivity index (χ3v) is 10.9. The molecule has 0 fully saturated rings. The molecule has 2 aromatic heterocycles. The molecule has 0 saturated heterocycles. The number of hydrogen-bond acceptors (Lipinski definition) is 5. The average Bonchev–Trinajstić information content (AvgIpc) is 3.61. The average molecular weight is 708 g/mol. The van der Waals surface area contributed by atoms with E-state index >= 15 is 0 Å². The van der Waals surface area contributed by atoms with Gasteiger partial charge in [0.25, 0.3) is 0 Å². The van der Waals surface area contributed by atoms with Gasteiger partial charge in [0.15, 0.2) is 17.5 Å². The molecule has 3 heterocycles. The summed E-state index contributed by atoms with van der Waals surface area (Å²) in [6.45, 7) is 0. The summed E-state index contributed by atoms with van der Waals surface area (Å²) in [7, 11) is 0. The Morgan fingerprint density at radius 2 is 1.05 bits per heavy atom. The van der Waals surface area contributed by atoms with Gasteiger partial charge in [0, 0.05) is 51.6 Å². The zero-order chi connectivity index (χ0) is 36.6. The minimum absolute atomic E-state index is 0.294. The van der Waals surface area contributed by atoms with Crippen LogP contribution in [-0.4, -0.2) is 26.0 Å². The van der Waals surface area contributed by atoms with Gasteiger partial charge in [0.2, 0.25) is 0 Å². The molecule has 0 radical (unpaired) electrons. The molecule has 0 amide bonds. The molecule has 262 valence electrons. The number of rotatable bonds is 7. The van der Waals surface area contributed by atoms with Crippen LogP contribution in [0.3, 0.4) is 0 Å². The Morgan fingerprint density at radius 1 is 0.455 bits per heavy atom. The quantitative estimate of drug-likeness (QED) is 0.165. The van der Waals surface area contributed by atoms with Gasteiger partial charge >= 0.3 is 0 Å². The van der Waals surface area contributed by atoms with Crippen LogP contribution in [0.25, 0.3) is 56.4 Å². The number of anilines is 2. The summed E-state index contributed by atoms with van der Waals surface area (Å²) in [5, 5.41) is 0. The highest BCUT2D eigenvalue weighted by Gasteiger charge is 2.36. The van der Waals surface area contributed by atoms with Gasteiger partial charge in [-0.25, -0.2) is 15.0 Å². The highest BCUT2D eigenvalue weighted by molar-refractivity contribution is 5.93. The molecule has 5 heteroatoms. The SMILES string of the molecule is C1=C(C2=CC=C3c4ccccc4N(c4ccccc4)C3C2)CCC(c2ccc(-c3nc(-c4ccccc4)nc(-c4cccc(-c5cccnc5)c4)n3)cc2)=C1. The van der Waals surface area contributed by atoms with Crippen molar-refractivity contribution in [1.82, 2.24) is 19.9 Å². The standard InChI is InChI=1S/C50H37N5/c1-3-11-37(12-4-1)48-52-49(54-50(53-48)41-14-9-13-39(31-41)42-15-10-30-51-33-42)38-26-24-35(25-27-38)34-20-22-36(23-21-34)40-28-29-45-44-18-7-8-19-46(44)55(47(45)32-40)43-16-5-2-6-17-43/h1-20,22,24-31,33,47H,21,23,32H2. The fourth-order valence-electron chi connectivity index (χ4n) is 8.13. The Bertz CT molecular complexity index is 2660. The maximum atomic E-state index is 5.02. The minimum Gasteiger partial charge on any atom is -0.333 e. The first kappa shape index (κ1) is 32.7. The van der Waals surface area contributed by atoms with E-state index in [9.17, 15) is 0 Å². The molecule has 0 spiro atoms. The van der Waals surface area contributed by atoms with E-state index in [1.165, 1.54) is 44.8 Å². The van der Waals surface area contributed by atoms with Crippen molar-refractivity contribution in [2.45, 2.75) is 25.3 Å². The Labute approximate surface area is 321 Å². The normalized spacial score (nSPS) is 16.0. The molecular weight excluding hydrogens is 671 g/mol. The Hall–Kier alpha value is -6.98. The van der Waals surface area contributed by atoms with Crippen LogP contribution < -0.4 is 4.90 Å². The smallest absolute Gasteiger partial charge is 0.164 e. The minimum atomic E-state index is 0.294. The van der Waals surface area contributed by atoms with Crippen LogP contribution in [-0.2, 0) is 0 Å². The van der Waals surface area contributed by atoms with Gasteiger partial charge in [-0.15, -0.1) is 0 Å². The molecular formula is C50H37N5. The van der Waals surface area contributed by atoms with Gasteiger partial charge in [-0.05, 0) is 83.0 Å². The first-order valence-electron chi connectivity index (χ1n) is 18.9. The Kier molecular flexibility index (Phi) is 8.37. The number of allylic oxidation sites excluding steroid dienone is 6. The monoisotopic (exact) mass is 707 g/mol. The number of para-hydroxylation sites is 2. The molecule has 0 saturated carbocycles. The highest BCUT2D eigenvalue weighted by atomic mass is 15.2. The molecule has 5 nitrogen and oxygen atoms in total. The fourth-order valence-corrected chi connectivity index (χ4v) is 8.13. The van der Waals surface area contributed by atoms with Crippen LogP contribution >= 0.6 is 0 Å². The first-order valence-corrected chi connectivity index (χ1v) is 18.9. The van der Waals surface area contributed by atoms with E-state index in [1.54, 1.807) is 6.20 Å². The van der Waals surface area contributed by atoms with Crippen molar-refractivity contribution in [1.29, 1.82) is 0 Å². The van der Waals surface area contributed by atoms with Gasteiger partial charge in [0.1, 0.15) is 0 Å². The second-order valence-electron chi connectivity index (χ2n) is 14.2. The summed E-state index contributed by atoms with van der Waals surface area (Å²) >= 11 is 0. The van der Waals surface area contributed by atoms with Crippen LogP contribution in [0.4, 0.5) is 11.4 Å². The number of fused-ring (bicyclic) bond motifs is 3. The van der Waals surface area contributed by atoms with E-state index in [2.05, 4.69) is 137 Å². The van der Waals surface area contributed by atoms with Gasteiger partial charge in [-0.1, -0.05) is 140 Å². The largest absolute Gasteiger partial charge is 0.333 e. The summed E-state index contributed by atoms with van der Waals surface area (Å²) in [6.07, 6.45) is 16.0. The van der Waals surface area contributed by atoms with Gasteiger partial charge in [0.05, 0.1) is 6.04 Å². The molecule has 7 aromatic rings. The third kappa shape index (κ3) is 6.30. The van der Waals surface area contributed by atoms with E-state index in [4.69, 9.17) is 15.0 Å².